The highest BCUT2D eigenvalue weighted by molar-refractivity contribution is 14.1. The summed E-state index contributed by atoms with van der Waals surface area (Å²) in [5.74, 6) is 0.756. The van der Waals surface area contributed by atoms with Crippen LogP contribution in [0.1, 0.15) is 31.0 Å². The lowest BCUT2D eigenvalue weighted by Crippen LogP contribution is -2.40. The van der Waals surface area contributed by atoms with Crippen LogP contribution in [-0.2, 0) is 9.53 Å². The van der Waals surface area contributed by atoms with E-state index in [1.807, 2.05) is 42.5 Å². The summed E-state index contributed by atoms with van der Waals surface area (Å²) in [4.78, 5) is 32.0. The minimum Gasteiger partial charge on any atom is -0.496 e. The van der Waals surface area contributed by atoms with Crippen molar-refractivity contribution in [1.29, 1.82) is 0 Å². The third kappa shape index (κ3) is 4.92. The summed E-state index contributed by atoms with van der Waals surface area (Å²) in [5.41, 5.74) is 2.05. The van der Waals surface area contributed by atoms with Gasteiger partial charge in [-0.15, -0.1) is 0 Å². The minimum atomic E-state index is -0.735. The number of ether oxygens (including phenoxy) is 3. The van der Waals surface area contributed by atoms with Crippen LogP contribution in [0.5, 0.6) is 11.5 Å². The molecule has 0 aliphatic carbocycles. The highest BCUT2D eigenvalue weighted by Crippen LogP contribution is 2.35. The number of carbonyl (C=O) groups is 1. The normalized spacial score (nSPS) is 15.5. The topological polar surface area (TPSA) is 79.1 Å². The van der Waals surface area contributed by atoms with Gasteiger partial charge in [-0.2, -0.15) is 0 Å². The minimum absolute atomic E-state index is 0.212. The molecule has 0 saturated heterocycles. The summed E-state index contributed by atoms with van der Waals surface area (Å²) < 4.78 is 20.6. The molecule has 7 nitrogen and oxygen atoms in total. The number of aromatic nitrogens is 1. The van der Waals surface area contributed by atoms with E-state index in [4.69, 9.17) is 14.2 Å². The van der Waals surface area contributed by atoms with Crippen molar-refractivity contribution < 1.29 is 19.0 Å². The zero-order valence-corrected chi connectivity index (χ0v) is 24.6. The van der Waals surface area contributed by atoms with Crippen LogP contribution in [0.4, 0.5) is 0 Å². The van der Waals surface area contributed by atoms with Gasteiger partial charge in [0.1, 0.15) is 17.5 Å². The van der Waals surface area contributed by atoms with Crippen molar-refractivity contribution in [2.45, 2.75) is 19.9 Å². The smallest absolute Gasteiger partial charge is 0.338 e. The first kappa shape index (κ1) is 25.9. The van der Waals surface area contributed by atoms with Crippen LogP contribution in [0, 0.1) is 7.14 Å². The van der Waals surface area contributed by atoms with E-state index in [0.29, 0.717) is 37.7 Å². The number of rotatable bonds is 6. The summed E-state index contributed by atoms with van der Waals surface area (Å²) >= 11 is 5.73. The summed E-state index contributed by atoms with van der Waals surface area (Å²) in [7, 11) is 3.17. The maximum Gasteiger partial charge on any atom is 0.338 e. The maximum absolute atomic E-state index is 13.8. The van der Waals surface area contributed by atoms with Crippen molar-refractivity contribution in [3.8, 4) is 11.5 Å². The quantitative estimate of drug-likeness (QED) is 0.285. The summed E-state index contributed by atoms with van der Waals surface area (Å²) in [6, 6.07) is 10.6. The number of para-hydroxylation sites is 1. The predicted molar refractivity (Wildman–Crippen MR) is 152 cm³/mol. The molecule has 1 aliphatic heterocycles. The molecule has 0 bridgehead atoms. The molecular formula is C25H22I2N2O5S. The molecule has 0 amide bonds. The summed E-state index contributed by atoms with van der Waals surface area (Å²) in [6.07, 6.45) is 1.82. The fraction of sp³-hybridized carbons (Fsp3) is 0.240. The number of halogens is 2. The molecule has 1 aliphatic rings. The van der Waals surface area contributed by atoms with Crippen molar-refractivity contribution in [2.75, 3.05) is 20.8 Å². The Morgan fingerprint density at radius 1 is 1.20 bits per heavy atom. The van der Waals surface area contributed by atoms with Crippen molar-refractivity contribution in [2.24, 2.45) is 4.99 Å². The average Bonchev–Trinajstić information content (AvgIpc) is 3.12. The summed E-state index contributed by atoms with van der Waals surface area (Å²) in [5, 5.41) is 0. The van der Waals surface area contributed by atoms with E-state index >= 15 is 0 Å². The Labute approximate surface area is 233 Å². The van der Waals surface area contributed by atoms with Crippen molar-refractivity contribution >= 4 is 68.6 Å². The number of hydrogen-bond acceptors (Lipinski definition) is 7. The number of carbonyl (C=O) groups excluding carboxylic acids is 1. The first-order chi connectivity index (χ1) is 16.8. The van der Waals surface area contributed by atoms with Crippen LogP contribution in [0.25, 0.3) is 6.08 Å². The second-order valence-corrected chi connectivity index (χ2v) is 11.0. The van der Waals surface area contributed by atoms with Crippen LogP contribution < -0.4 is 24.4 Å². The van der Waals surface area contributed by atoms with E-state index in [1.54, 1.807) is 32.6 Å². The van der Waals surface area contributed by atoms with Gasteiger partial charge >= 0.3 is 5.97 Å². The maximum atomic E-state index is 13.8. The molecule has 0 spiro atoms. The molecule has 2 heterocycles. The van der Waals surface area contributed by atoms with Gasteiger partial charge in [-0.3, -0.25) is 9.36 Å². The number of hydrogen-bond donors (Lipinski definition) is 0. The lowest BCUT2D eigenvalue weighted by atomic mass is 9.95. The van der Waals surface area contributed by atoms with E-state index < -0.39 is 12.0 Å². The second-order valence-electron chi connectivity index (χ2n) is 7.55. The van der Waals surface area contributed by atoms with Gasteiger partial charge in [-0.05, 0) is 83.3 Å². The molecule has 10 heteroatoms. The Morgan fingerprint density at radius 3 is 2.63 bits per heavy atom. The van der Waals surface area contributed by atoms with Crippen molar-refractivity contribution in [3.05, 3.63) is 85.6 Å². The average molecular weight is 716 g/mol. The fourth-order valence-electron chi connectivity index (χ4n) is 4.02. The molecule has 0 N–H and O–H groups in total. The zero-order chi connectivity index (χ0) is 25.3. The van der Waals surface area contributed by atoms with Gasteiger partial charge in [0.15, 0.2) is 4.80 Å². The number of thiazole rings is 1. The first-order valence-corrected chi connectivity index (χ1v) is 13.6. The predicted octanol–water partition coefficient (Wildman–Crippen LogP) is 4.02. The van der Waals surface area contributed by atoms with E-state index in [1.165, 1.54) is 11.3 Å². The second kappa shape index (κ2) is 10.8. The van der Waals surface area contributed by atoms with Gasteiger partial charge in [0.25, 0.3) is 5.56 Å². The highest BCUT2D eigenvalue weighted by atomic mass is 127. The lowest BCUT2D eigenvalue weighted by molar-refractivity contribution is -0.139. The molecule has 4 rings (SSSR count). The third-order valence-electron chi connectivity index (χ3n) is 5.48. The molecule has 1 aromatic heterocycles. The van der Waals surface area contributed by atoms with Crippen molar-refractivity contribution in [3.63, 3.8) is 0 Å². The molecule has 3 aromatic rings. The standard InChI is InChI=1S/C25H22I2N2O5S/c1-5-34-24(31)20-13(2)28-25-29(21(20)16-8-6-7-9-18(16)32-3)23(30)19(35-25)11-14-10-15(26)12-17(27)22(14)33-4/h6-12,21H,5H2,1-4H3/b19-11-/t21-/m0/s1. The van der Waals surface area contributed by atoms with Crippen LogP contribution in [0.3, 0.4) is 0 Å². The van der Waals surface area contributed by atoms with Gasteiger partial charge in [0.05, 0.1) is 40.2 Å². The Kier molecular flexibility index (Phi) is 8.01. The molecule has 0 saturated carbocycles. The third-order valence-corrected chi connectivity index (χ3v) is 7.89. The highest BCUT2D eigenvalue weighted by Gasteiger charge is 2.35. The largest absolute Gasteiger partial charge is 0.496 e. The molecule has 0 fully saturated rings. The van der Waals surface area contributed by atoms with Gasteiger partial charge in [-0.25, -0.2) is 9.79 Å². The number of methoxy groups -OCH3 is 2. The SMILES string of the molecule is CCOC(=O)C1=C(C)N=c2s/c(=C\c3cc(I)cc(I)c3OC)c(=O)n2[C@H]1c1ccccc1OC. The van der Waals surface area contributed by atoms with Crippen LogP contribution in [0.2, 0.25) is 0 Å². The molecule has 0 radical (unpaired) electrons. The Bertz CT molecular complexity index is 1520. The van der Waals surface area contributed by atoms with E-state index in [0.717, 1.165) is 12.7 Å². The fourth-order valence-corrected chi connectivity index (χ4v) is 7.17. The van der Waals surface area contributed by atoms with Gasteiger partial charge in [0, 0.05) is 14.7 Å². The van der Waals surface area contributed by atoms with Crippen molar-refractivity contribution in [1.82, 2.24) is 4.57 Å². The number of nitrogens with zero attached hydrogens (tertiary/aromatic N) is 2. The Balaban J connectivity index is 2.02. The number of benzene rings is 2. The molecule has 0 unspecified atom stereocenters. The molecule has 35 heavy (non-hydrogen) atoms. The van der Waals surface area contributed by atoms with E-state index in [-0.39, 0.29) is 12.2 Å². The van der Waals surface area contributed by atoms with Crippen LogP contribution >= 0.6 is 56.5 Å². The van der Waals surface area contributed by atoms with Gasteiger partial charge < -0.3 is 14.2 Å². The van der Waals surface area contributed by atoms with E-state index in [2.05, 4.69) is 50.2 Å². The molecular weight excluding hydrogens is 694 g/mol. The zero-order valence-electron chi connectivity index (χ0n) is 19.4. The number of fused-ring (bicyclic) bond motifs is 1. The number of esters is 1. The van der Waals surface area contributed by atoms with Gasteiger partial charge in [-0.1, -0.05) is 29.5 Å². The van der Waals surface area contributed by atoms with Crippen LogP contribution in [-0.4, -0.2) is 31.4 Å². The Morgan fingerprint density at radius 2 is 1.94 bits per heavy atom. The van der Waals surface area contributed by atoms with E-state index in [9.17, 15) is 9.59 Å². The van der Waals surface area contributed by atoms with Gasteiger partial charge in [0.2, 0.25) is 0 Å². The Hall–Kier alpha value is -2.19. The molecule has 182 valence electrons. The first-order valence-electron chi connectivity index (χ1n) is 10.7. The summed E-state index contributed by atoms with van der Waals surface area (Å²) in [6.45, 7) is 3.72. The monoisotopic (exact) mass is 716 g/mol. The van der Waals surface area contributed by atoms with Crippen LogP contribution in [0.15, 0.2) is 57.5 Å². The molecule has 1 atom stereocenters. The number of allylic oxidation sites excluding steroid dienone is 1. The lowest BCUT2D eigenvalue weighted by Gasteiger charge is -2.25. The molecule has 2 aromatic carbocycles.